The summed E-state index contributed by atoms with van der Waals surface area (Å²) < 4.78 is 7.22. The van der Waals surface area contributed by atoms with Crippen LogP contribution in [0.3, 0.4) is 0 Å². The molecule has 1 aromatic carbocycles. The van der Waals surface area contributed by atoms with Crippen molar-refractivity contribution in [1.82, 2.24) is 9.72 Å². The second-order valence-corrected chi connectivity index (χ2v) is 8.62. The van der Waals surface area contributed by atoms with E-state index in [0.29, 0.717) is 6.54 Å². The molecule has 30 heavy (non-hydrogen) atoms. The Morgan fingerprint density at radius 3 is 2.40 bits per heavy atom. The first-order valence-corrected chi connectivity index (χ1v) is 10.8. The van der Waals surface area contributed by atoms with E-state index < -0.39 is 0 Å². The molecule has 6 heteroatoms. The van der Waals surface area contributed by atoms with E-state index in [4.69, 9.17) is 4.52 Å². The molecule has 0 amide bonds. The number of nitrogens with one attached hydrogen (secondary N) is 2. The summed E-state index contributed by atoms with van der Waals surface area (Å²) in [6.45, 7) is 14.0. The molecule has 6 nitrogen and oxygen atoms in total. The standard InChI is InChI=1S/C24H30N4O2/c1-17-7-5-6-8-21(17)15-26-9-11-27(12-10-26)16-23(29)22-13-18(2)28(20(22)4)24-14-19(3)30-25-24/h5-8,13-14H,9-12,15-16H2,1-4H3/p+2. The summed E-state index contributed by atoms with van der Waals surface area (Å²) in [6, 6.07) is 12.5. The van der Waals surface area contributed by atoms with Crippen LogP contribution in [0.4, 0.5) is 0 Å². The number of ketones is 1. The molecule has 1 fully saturated rings. The summed E-state index contributed by atoms with van der Waals surface area (Å²) in [5, 5.41) is 4.11. The molecule has 1 aliphatic rings. The lowest BCUT2D eigenvalue weighted by atomic mass is 10.1. The van der Waals surface area contributed by atoms with Crippen molar-refractivity contribution in [2.75, 3.05) is 32.7 Å². The third-order valence-electron chi connectivity index (χ3n) is 6.35. The zero-order valence-corrected chi connectivity index (χ0v) is 18.4. The molecule has 1 saturated heterocycles. The quantitative estimate of drug-likeness (QED) is 0.595. The Morgan fingerprint density at radius 1 is 1.03 bits per heavy atom. The summed E-state index contributed by atoms with van der Waals surface area (Å²) in [5.74, 6) is 1.72. The summed E-state index contributed by atoms with van der Waals surface area (Å²) in [5.41, 5.74) is 5.55. The van der Waals surface area contributed by atoms with Crippen molar-refractivity contribution in [3.8, 4) is 5.82 Å². The van der Waals surface area contributed by atoms with Gasteiger partial charge in [-0.05, 0) is 39.3 Å². The van der Waals surface area contributed by atoms with Crippen LogP contribution in [0.2, 0.25) is 0 Å². The molecule has 158 valence electrons. The maximum Gasteiger partial charge on any atom is 0.218 e. The Hall–Kier alpha value is -2.70. The Morgan fingerprint density at radius 2 is 1.73 bits per heavy atom. The van der Waals surface area contributed by atoms with Crippen LogP contribution >= 0.6 is 0 Å². The number of carbonyl (C=O) groups excluding carboxylic acids is 1. The van der Waals surface area contributed by atoms with Gasteiger partial charge in [-0.1, -0.05) is 29.4 Å². The molecule has 0 atom stereocenters. The first-order chi connectivity index (χ1) is 14.4. The fourth-order valence-electron chi connectivity index (χ4n) is 4.57. The van der Waals surface area contributed by atoms with Crippen LogP contribution in [0.15, 0.2) is 40.9 Å². The van der Waals surface area contributed by atoms with E-state index in [1.54, 1.807) is 4.90 Å². The smallest absolute Gasteiger partial charge is 0.218 e. The minimum Gasteiger partial charge on any atom is -0.360 e. The van der Waals surface area contributed by atoms with Crippen LogP contribution in [-0.4, -0.2) is 48.2 Å². The number of Topliss-reactive ketones (excluding diaryl/α,β-unsaturated/α-hetero) is 1. The lowest BCUT2D eigenvalue weighted by Gasteiger charge is -2.29. The number of aryl methyl sites for hydroxylation is 3. The molecule has 0 spiro atoms. The summed E-state index contributed by atoms with van der Waals surface area (Å²) in [6.07, 6.45) is 0. The second-order valence-electron chi connectivity index (χ2n) is 8.62. The van der Waals surface area contributed by atoms with E-state index in [0.717, 1.165) is 61.3 Å². The van der Waals surface area contributed by atoms with Gasteiger partial charge in [0.05, 0.1) is 0 Å². The van der Waals surface area contributed by atoms with Crippen LogP contribution < -0.4 is 9.80 Å². The minimum atomic E-state index is 0.215. The largest absolute Gasteiger partial charge is 0.360 e. The number of carbonyl (C=O) groups is 1. The molecule has 0 saturated carbocycles. The van der Waals surface area contributed by atoms with Gasteiger partial charge < -0.3 is 14.3 Å². The fourth-order valence-corrected chi connectivity index (χ4v) is 4.57. The van der Waals surface area contributed by atoms with Gasteiger partial charge in [-0.15, -0.1) is 0 Å². The molecule has 4 rings (SSSR count). The Bertz CT molecular complexity index is 1040. The average molecular weight is 409 g/mol. The van der Waals surface area contributed by atoms with Crippen molar-refractivity contribution in [3.05, 3.63) is 70.2 Å². The van der Waals surface area contributed by atoms with Gasteiger partial charge >= 0.3 is 0 Å². The van der Waals surface area contributed by atoms with Gasteiger partial charge in [-0.25, -0.2) is 0 Å². The van der Waals surface area contributed by atoms with Gasteiger partial charge in [-0.2, -0.15) is 0 Å². The number of aromatic nitrogens is 2. The molecule has 3 heterocycles. The minimum absolute atomic E-state index is 0.215. The van der Waals surface area contributed by atoms with Gasteiger partial charge in [0, 0.05) is 28.6 Å². The van der Waals surface area contributed by atoms with Crippen LogP contribution in [0.1, 0.15) is 38.6 Å². The van der Waals surface area contributed by atoms with E-state index in [1.807, 2.05) is 37.5 Å². The molecule has 1 aliphatic heterocycles. The molecule has 2 N–H and O–H groups in total. The van der Waals surface area contributed by atoms with E-state index in [1.165, 1.54) is 16.0 Å². The van der Waals surface area contributed by atoms with Gasteiger partial charge in [0.25, 0.3) is 0 Å². The number of benzene rings is 1. The molecular weight excluding hydrogens is 376 g/mol. The fraction of sp³-hybridized carbons (Fsp3) is 0.417. The van der Waals surface area contributed by atoms with Gasteiger partial charge in [0.1, 0.15) is 45.0 Å². The third-order valence-corrected chi connectivity index (χ3v) is 6.35. The maximum absolute atomic E-state index is 13.1. The summed E-state index contributed by atoms with van der Waals surface area (Å²) in [4.78, 5) is 16.1. The van der Waals surface area contributed by atoms with E-state index in [-0.39, 0.29) is 5.78 Å². The summed E-state index contributed by atoms with van der Waals surface area (Å²) >= 11 is 0. The molecular formula is C24H32N4O2+2. The number of hydrogen-bond acceptors (Lipinski definition) is 3. The van der Waals surface area contributed by atoms with Gasteiger partial charge in [0.15, 0.2) is 5.82 Å². The lowest BCUT2D eigenvalue weighted by molar-refractivity contribution is -1.01. The Labute approximate surface area is 178 Å². The number of piperazine rings is 1. The molecule has 3 aromatic rings. The number of nitrogens with zero attached hydrogens (tertiary/aromatic N) is 2. The van der Waals surface area contributed by atoms with Crippen LogP contribution in [0.25, 0.3) is 5.82 Å². The van der Waals surface area contributed by atoms with Crippen molar-refractivity contribution in [2.24, 2.45) is 0 Å². The molecule has 2 aromatic heterocycles. The molecule has 0 radical (unpaired) electrons. The first-order valence-electron chi connectivity index (χ1n) is 10.8. The van der Waals surface area contributed by atoms with E-state index >= 15 is 0 Å². The first kappa shape index (κ1) is 20.6. The number of quaternary nitrogens is 2. The van der Waals surface area contributed by atoms with Crippen molar-refractivity contribution < 1.29 is 19.1 Å². The Kier molecular flexibility index (Phi) is 5.88. The predicted molar refractivity (Wildman–Crippen MR) is 116 cm³/mol. The third kappa shape index (κ3) is 4.25. The highest BCUT2D eigenvalue weighted by atomic mass is 16.5. The topological polar surface area (TPSA) is 56.9 Å². The van der Waals surface area contributed by atoms with Crippen molar-refractivity contribution in [1.29, 1.82) is 0 Å². The monoisotopic (exact) mass is 408 g/mol. The van der Waals surface area contributed by atoms with Crippen LogP contribution in [-0.2, 0) is 6.54 Å². The number of hydrogen-bond donors (Lipinski definition) is 2. The Balaban J connectivity index is 1.37. The zero-order chi connectivity index (χ0) is 21.3. The summed E-state index contributed by atoms with van der Waals surface area (Å²) in [7, 11) is 0. The lowest BCUT2D eigenvalue weighted by Crippen LogP contribution is -3.27. The number of rotatable bonds is 6. The van der Waals surface area contributed by atoms with Crippen LogP contribution in [0.5, 0.6) is 0 Å². The van der Waals surface area contributed by atoms with E-state index in [2.05, 4.69) is 36.3 Å². The second kappa shape index (κ2) is 8.58. The highest BCUT2D eigenvalue weighted by Crippen LogP contribution is 2.20. The predicted octanol–water partition coefficient (Wildman–Crippen LogP) is 0.865. The SMILES string of the molecule is Cc1cc(-n2c(C)cc(C(=O)C[NH+]3CC[NH+](Cc4ccccc4C)CC3)c2C)no1. The maximum atomic E-state index is 13.1. The van der Waals surface area contributed by atoms with E-state index in [9.17, 15) is 4.79 Å². The zero-order valence-electron chi connectivity index (χ0n) is 18.4. The highest BCUT2D eigenvalue weighted by Gasteiger charge is 2.27. The normalized spacial score (nSPS) is 19.2. The van der Waals surface area contributed by atoms with Crippen LogP contribution in [0, 0.1) is 27.7 Å². The molecule has 0 aliphatic carbocycles. The van der Waals surface area contributed by atoms with Gasteiger partial charge in [-0.3, -0.25) is 9.36 Å². The molecule has 0 bridgehead atoms. The van der Waals surface area contributed by atoms with Crippen molar-refractivity contribution >= 4 is 5.78 Å². The highest BCUT2D eigenvalue weighted by molar-refractivity contribution is 5.98. The van der Waals surface area contributed by atoms with Gasteiger partial charge in [0.2, 0.25) is 5.78 Å². The molecule has 0 unspecified atom stereocenters. The van der Waals surface area contributed by atoms with Crippen molar-refractivity contribution in [2.45, 2.75) is 34.2 Å². The average Bonchev–Trinajstić information content (AvgIpc) is 3.27. The van der Waals surface area contributed by atoms with Crippen molar-refractivity contribution in [3.63, 3.8) is 0 Å².